The molecule has 2 aromatic carbocycles. The quantitative estimate of drug-likeness (QED) is 0.434. The van der Waals surface area contributed by atoms with Gasteiger partial charge in [0.15, 0.2) is 0 Å². The van der Waals surface area contributed by atoms with Crippen LogP contribution in [0.15, 0.2) is 54.1 Å². The Kier molecular flexibility index (Phi) is 5.91. The first kappa shape index (κ1) is 20.4. The zero-order valence-electron chi connectivity index (χ0n) is 16.9. The molecule has 0 unspecified atom stereocenters. The summed E-state index contributed by atoms with van der Waals surface area (Å²) in [5.41, 5.74) is 6.58. The molecule has 1 N–H and O–H groups in total. The Hall–Kier alpha value is -3.29. The molecule has 5 heteroatoms. The molecule has 146 valence electrons. The van der Waals surface area contributed by atoms with Gasteiger partial charge < -0.3 is 9.88 Å². The molecule has 0 aliphatic carbocycles. The van der Waals surface area contributed by atoms with Gasteiger partial charge >= 0.3 is 0 Å². The molecule has 0 aliphatic rings. The monoisotopic (exact) mass is 403 g/mol. The SMILES string of the molecule is Cc1ccc(NC(=O)/C(C#N)=C\c2cc(C)n(-c3ccccc3C)c2C)cc1Cl. The molecule has 1 aromatic heterocycles. The smallest absolute Gasteiger partial charge is 0.266 e. The number of amides is 1. The van der Waals surface area contributed by atoms with Crippen LogP contribution in [0.4, 0.5) is 5.69 Å². The van der Waals surface area contributed by atoms with Crippen LogP contribution in [0.3, 0.4) is 0 Å². The van der Waals surface area contributed by atoms with Crippen LogP contribution in [0.2, 0.25) is 5.02 Å². The van der Waals surface area contributed by atoms with E-state index in [9.17, 15) is 10.1 Å². The van der Waals surface area contributed by atoms with E-state index < -0.39 is 5.91 Å². The molecule has 1 heterocycles. The molecule has 3 aromatic rings. The number of hydrogen-bond donors (Lipinski definition) is 1. The number of carbonyl (C=O) groups is 1. The highest BCUT2D eigenvalue weighted by Crippen LogP contribution is 2.25. The summed E-state index contributed by atoms with van der Waals surface area (Å²) in [6, 6.07) is 17.4. The minimum atomic E-state index is -0.465. The van der Waals surface area contributed by atoms with Crippen LogP contribution in [0.5, 0.6) is 0 Å². The van der Waals surface area contributed by atoms with E-state index >= 15 is 0 Å². The standard InChI is InChI=1S/C24H22ClN3O/c1-15-9-10-21(13-22(15)25)27-24(29)20(14-26)12-19-11-17(3)28(18(19)4)23-8-6-5-7-16(23)2/h5-13H,1-4H3,(H,27,29)/b20-12-. The molecule has 0 atom stereocenters. The van der Waals surface area contributed by atoms with Gasteiger partial charge in [-0.1, -0.05) is 35.9 Å². The van der Waals surface area contributed by atoms with E-state index in [0.717, 1.165) is 33.8 Å². The minimum Gasteiger partial charge on any atom is -0.321 e. The van der Waals surface area contributed by atoms with Crippen LogP contribution in [0.1, 0.15) is 28.1 Å². The van der Waals surface area contributed by atoms with Crippen molar-refractivity contribution in [3.8, 4) is 11.8 Å². The molecular weight excluding hydrogens is 382 g/mol. The van der Waals surface area contributed by atoms with Gasteiger partial charge in [-0.05, 0) is 74.7 Å². The molecule has 0 fully saturated rings. The summed E-state index contributed by atoms with van der Waals surface area (Å²) >= 11 is 6.12. The van der Waals surface area contributed by atoms with Crippen molar-refractivity contribution in [1.29, 1.82) is 5.26 Å². The molecule has 0 spiro atoms. The van der Waals surface area contributed by atoms with Gasteiger partial charge in [0.25, 0.3) is 5.91 Å². The number of rotatable bonds is 4. The van der Waals surface area contributed by atoms with E-state index in [1.54, 1.807) is 18.2 Å². The van der Waals surface area contributed by atoms with Gasteiger partial charge in [-0.3, -0.25) is 4.79 Å². The Morgan fingerprint density at radius 2 is 1.79 bits per heavy atom. The van der Waals surface area contributed by atoms with Gasteiger partial charge in [-0.2, -0.15) is 5.26 Å². The number of hydrogen-bond acceptors (Lipinski definition) is 2. The molecule has 0 saturated carbocycles. The van der Waals surface area contributed by atoms with E-state index in [1.807, 2.05) is 51.1 Å². The zero-order chi connectivity index (χ0) is 21.1. The molecule has 3 rings (SSSR count). The first-order valence-electron chi connectivity index (χ1n) is 9.26. The largest absolute Gasteiger partial charge is 0.321 e. The summed E-state index contributed by atoms with van der Waals surface area (Å²) in [6.45, 7) is 7.94. The predicted molar refractivity (Wildman–Crippen MR) is 118 cm³/mol. The lowest BCUT2D eigenvalue weighted by atomic mass is 10.1. The van der Waals surface area contributed by atoms with E-state index in [1.165, 1.54) is 0 Å². The molecule has 0 radical (unpaired) electrons. The number of aromatic nitrogens is 1. The summed E-state index contributed by atoms with van der Waals surface area (Å²) in [7, 11) is 0. The third kappa shape index (κ3) is 4.26. The number of benzene rings is 2. The first-order chi connectivity index (χ1) is 13.8. The summed E-state index contributed by atoms with van der Waals surface area (Å²) in [5, 5.41) is 12.9. The van der Waals surface area contributed by atoms with Crippen molar-refractivity contribution in [3.63, 3.8) is 0 Å². The van der Waals surface area contributed by atoms with E-state index in [2.05, 4.69) is 28.9 Å². The number of carbonyl (C=O) groups excluding carboxylic acids is 1. The average Bonchev–Trinajstić information content (AvgIpc) is 2.96. The topological polar surface area (TPSA) is 57.8 Å². The predicted octanol–water partition coefficient (Wildman–Crippen LogP) is 5.91. The Labute approximate surface area is 176 Å². The van der Waals surface area contributed by atoms with Gasteiger partial charge in [0, 0.05) is 27.8 Å². The number of nitrogens with zero attached hydrogens (tertiary/aromatic N) is 2. The second-order valence-corrected chi connectivity index (χ2v) is 7.44. The third-order valence-electron chi connectivity index (χ3n) is 4.92. The van der Waals surface area contributed by atoms with Crippen LogP contribution in [-0.2, 0) is 4.79 Å². The summed E-state index contributed by atoms with van der Waals surface area (Å²) in [6.07, 6.45) is 1.63. The number of halogens is 1. The minimum absolute atomic E-state index is 0.0340. The fraction of sp³-hybridized carbons (Fsp3) is 0.167. The highest BCUT2D eigenvalue weighted by atomic mass is 35.5. The average molecular weight is 404 g/mol. The normalized spacial score (nSPS) is 11.2. The second kappa shape index (κ2) is 8.38. The first-order valence-corrected chi connectivity index (χ1v) is 9.64. The number of para-hydroxylation sites is 1. The van der Waals surface area contributed by atoms with Crippen molar-refractivity contribution >= 4 is 29.3 Å². The van der Waals surface area contributed by atoms with E-state index in [-0.39, 0.29) is 5.57 Å². The van der Waals surface area contributed by atoms with Crippen LogP contribution in [-0.4, -0.2) is 10.5 Å². The molecule has 29 heavy (non-hydrogen) atoms. The molecule has 0 saturated heterocycles. The zero-order valence-corrected chi connectivity index (χ0v) is 17.6. The highest BCUT2D eigenvalue weighted by molar-refractivity contribution is 6.31. The molecule has 4 nitrogen and oxygen atoms in total. The highest BCUT2D eigenvalue weighted by Gasteiger charge is 2.15. The van der Waals surface area contributed by atoms with Gasteiger partial charge in [-0.15, -0.1) is 0 Å². The van der Waals surface area contributed by atoms with Gasteiger partial charge in [-0.25, -0.2) is 0 Å². The maximum Gasteiger partial charge on any atom is 0.266 e. The van der Waals surface area contributed by atoms with E-state index in [0.29, 0.717) is 10.7 Å². The van der Waals surface area contributed by atoms with Crippen LogP contribution in [0, 0.1) is 39.0 Å². The lowest BCUT2D eigenvalue weighted by molar-refractivity contribution is -0.112. The maximum absolute atomic E-state index is 12.6. The fourth-order valence-electron chi connectivity index (χ4n) is 3.29. The Balaban J connectivity index is 1.94. The van der Waals surface area contributed by atoms with Crippen molar-refractivity contribution in [2.75, 3.05) is 5.32 Å². The Bertz CT molecular complexity index is 1170. The van der Waals surface area contributed by atoms with Crippen molar-refractivity contribution in [2.24, 2.45) is 0 Å². The molecule has 0 aliphatic heterocycles. The number of nitrogens with one attached hydrogen (secondary N) is 1. The lowest BCUT2D eigenvalue weighted by Crippen LogP contribution is -2.13. The summed E-state index contributed by atoms with van der Waals surface area (Å²) in [4.78, 5) is 12.6. The lowest BCUT2D eigenvalue weighted by Gasteiger charge is -2.12. The Morgan fingerprint density at radius 1 is 1.07 bits per heavy atom. The molecule has 0 bridgehead atoms. The molecular formula is C24H22ClN3O. The third-order valence-corrected chi connectivity index (χ3v) is 5.33. The van der Waals surface area contributed by atoms with Crippen molar-refractivity contribution < 1.29 is 4.79 Å². The number of aryl methyl sites for hydroxylation is 3. The van der Waals surface area contributed by atoms with Gasteiger partial charge in [0.2, 0.25) is 0 Å². The van der Waals surface area contributed by atoms with Crippen LogP contribution >= 0.6 is 11.6 Å². The second-order valence-electron chi connectivity index (χ2n) is 7.04. The van der Waals surface area contributed by atoms with Crippen molar-refractivity contribution in [1.82, 2.24) is 4.57 Å². The maximum atomic E-state index is 12.6. The van der Waals surface area contributed by atoms with Crippen LogP contribution in [0.25, 0.3) is 11.8 Å². The van der Waals surface area contributed by atoms with Crippen LogP contribution < -0.4 is 5.32 Å². The van der Waals surface area contributed by atoms with Gasteiger partial charge in [0.05, 0.1) is 0 Å². The molecule has 1 amide bonds. The fourth-order valence-corrected chi connectivity index (χ4v) is 3.47. The Morgan fingerprint density at radius 3 is 2.45 bits per heavy atom. The number of anilines is 1. The van der Waals surface area contributed by atoms with Crippen molar-refractivity contribution in [2.45, 2.75) is 27.7 Å². The summed E-state index contributed by atoms with van der Waals surface area (Å²) in [5.74, 6) is -0.465. The van der Waals surface area contributed by atoms with Crippen molar-refractivity contribution in [3.05, 3.63) is 87.2 Å². The summed E-state index contributed by atoms with van der Waals surface area (Å²) < 4.78 is 2.13. The number of nitriles is 1. The van der Waals surface area contributed by atoms with E-state index in [4.69, 9.17) is 11.6 Å². The van der Waals surface area contributed by atoms with Gasteiger partial charge in [0.1, 0.15) is 11.6 Å².